The number of ether oxygens (including phenoxy) is 2. The van der Waals surface area contributed by atoms with Crippen molar-refractivity contribution in [2.75, 3.05) is 27.4 Å². The molecule has 3 N–H and O–H groups in total. The molecule has 0 aliphatic carbocycles. The van der Waals surface area contributed by atoms with Gasteiger partial charge in [-0.15, -0.1) is 0 Å². The van der Waals surface area contributed by atoms with E-state index in [-0.39, 0.29) is 18.5 Å². The Morgan fingerprint density at radius 2 is 1.28 bits per heavy atom. The minimum absolute atomic E-state index is 0.0505. The van der Waals surface area contributed by atoms with Crippen LogP contribution in [0.25, 0.3) is 0 Å². The Balaban J connectivity index is 2.24. The number of hydrogen-bond acceptors (Lipinski definition) is 6. The van der Waals surface area contributed by atoms with Gasteiger partial charge in [-0.2, -0.15) is 0 Å². The molecule has 0 spiro atoms. The van der Waals surface area contributed by atoms with Crippen molar-refractivity contribution in [3.63, 3.8) is 0 Å². The first-order chi connectivity index (χ1) is 22.8. The van der Waals surface area contributed by atoms with Gasteiger partial charge < -0.3 is 19.7 Å². The van der Waals surface area contributed by atoms with E-state index in [0.29, 0.717) is 6.54 Å². The third-order valence-electron chi connectivity index (χ3n) is 6.02. The van der Waals surface area contributed by atoms with Gasteiger partial charge in [-0.05, 0) is 67.1 Å². The molecule has 5 atom stereocenters. The SMILES string of the molecule is B[C@@H]1O[C@H](COC)C(OP(=O)(O)OC)[C@@H]1CCCCCCCNC(=O)NC#CC#CC#CC#CC#CC#CC#CC#CC#CC#CC. The highest BCUT2D eigenvalue weighted by Crippen LogP contribution is 2.48. The quantitative estimate of drug-likeness (QED) is 0.0910. The van der Waals surface area contributed by atoms with Gasteiger partial charge in [0, 0.05) is 97.9 Å². The third-order valence-corrected chi connectivity index (χ3v) is 6.99. The van der Waals surface area contributed by atoms with Crippen LogP contribution >= 0.6 is 7.82 Å². The summed E-state index contributed by atoms with van der Waals surface area (Å²) in [5.41, 5.74) is 0. The average Bonchev–Trinajstić information content (AvgIpc) is 3.33. The van der Waals surface area contributed by atoms with Crippen LogP contribution in [0.2, 0.25) is 0 Å². The molecule has 1 rings (SSSR count). The lowest BCUT2D eigenvalue weighted by Gasteiger charge is -2.25. The second-order valence-corrected chi connectivity index (χ2v) is 10.8. The lowest BCUT2D eigenvalue weighted by Crippen LogP contribution is -2.33. The highest BCUT2D eigenvalue weighted by atomic mass is 31.2. The predicted octanol–water partition coefficient (Wildman–Crippen LogP) is 1.39. The van der Waals surface area contributed by atoms with Gasteiger partial charge in [0.25, 0.3) is 0 Å². The van der Waals surface area contributed by atoms with Gasteiger partial charge in [0.2, 0.25) is 0 Å². The monoisotopic (exact) mass is 648 g/mol. The number of unbranched alkanes of at least 4 members (excludes halogenated alkanes) is 4. The number of carbonyl (C=O) groups excluding carboxylic acids is 1. The van der Waals surface area contributed by atoms with E-state index < -0.39 is 26.1 Å². The molecule has 1 fully saturated rings. The van der Waals surface area contributed by atoms with Crippen LogP contribution < -0.4 is 10.6 Å². The molecule has 47 heavy (non-hydrogen) atoms. The number of amides is 2. The molecule has 0 radical (unpaired) electrons. The molecule has 11 heteroatoms. The summed E-state index contributed by atoms with van der Waals surface area (Å²) in [5.74, 6) is 47.7. The van der Waals surface area contributed by atoms with Gasteiger partial charge in [0.15, 0.2) is 0 Å². The van der Waals surface area contributed by atoms with Gasteiger partial charge in [-0.1, -0.05) is 31.6 Å². The molecule has 238 valence electrons. The Hall–Kier alpha value is -5.04. The van der Waals surface area contributed by atoms with Crippen LogP contribution in [0.5, 0.6) is 0 Å². The summed E-state index contributed by atoms with van der Waals surface area (Å²) in [4.78, 5) is 21.6. The van der Waals surface area contributed by atoms with Gasteiger partial charge in [-0.25, -0.2) is 9.36 Å². The van der Waals surface area contributed by atoms with Crippen molar-refractivity contribution in [3.05, 3.63) is 0 Å². The van der Waals surface area contributed by atoms with Gasteiger partial charge >= 0.3 is 13.9 Å². The summed E-state index contributed by atoms with van der Waals surface area (Å²) < 4.78 is 33.1. The smallest absolute Gasteiger partial charge is 0.382 e. The lowest BCUT2D eigenvalue weighted by molar-refractivity contribution is -0.0194. The van der Waals surface area contributed by atoms with Crippen LogP contribution in [-0.2, 0) is 23.1 Å². The third kappa shape index (κ3) is 20.6. The van der Waals surface area contributed by atoms with E-state index in [2.05, 4.69) is 134 Å². The van der Waals surface area contributed by atoms with E-state index in [1.165, 1.54) is 0 Å². The van der Waals surface area contributed by atoms with Gasteiger partial charge in [0.1, 0.15) is 20.1 Å². The van der Waals surface area contributed by atoms with Crippen LogP contribution in [0.3, 0.4) is 0 Å². The van der Waals surface area contributed by atoms with Crippen molar-refractivity contribution >= 4 is 21.7 Å². The van der Waals surface area contributed by atoms with Crippen molar-refractivity contribution in [2.24, 2.45) is 5.92 Å². The zero-order chi connectivity index (χ0) is 34.4. The second kappa shape index (κ2) is 26.2. The fourth-order valence-corrected chi connectivity index (χ4v) is 4.69. The average molecular weight is 648 g/mol. The predicted molar refractivity (Wildman–Crippen MR) is 182 cm³/mol. The van der Waals surface area contributed by atoms with Crippen molar-refractivity contribution < 1.29 is 32.8 Å². The van der Waals surface area contributed by atoms with Crippen molar-refractivity contribution in [3.8, 4) is 119 Å². The number of hydrogen-bond donors (Lipinski definition) is 3. The molecule has 0 aromatic heterocycles. The van der Waals surface area contributed by atoms with E-state index in [9.17, 15) is 14.3 Å². The molecule has 9 nitrogen and oxygen atoms in total. The standard InChI is InChI=1S/C36H34BN2O7P/c1-4-5-6-7-8-9-10-11-12-13-14-15-16-17-18-19-20-23-26-29-38-36(40)39-30-27-24-21-22-25-28-32-34(46-47(41,42)44-3)33(31-43-2)45-35(32)37/h32-35H,21-22,24-25,27-28,30-31,37H2,1-3H3,(H,41,42)(H2,38,39,40)/t32-,33+,34?,35+/m0/s1. The Labute approximate surface area is 280 Å². The molecule has 1 aliphatic rings. The molecular formula is C36H34BN2O7P. The maximum Gasteiger partial charge on any atom is 0.472 e. The molecule has 2 unspecified atom stereocenters. The van der Waals surface area contributed by atoms with Crippen LogP contribution in [0.1, 0.15) is 45.4 Å². The molecule has 0 aromatic carbocycles. The zero-order valence-corrected chi connectivity index (χ0v) is 27.7. The fraction of sp³-hybridized carbons (Fsp3) is 0.417. The summed E-state index contributed by atoms with van der Waals surface area (Å²) in [6.45, 7) is 2.46. The van der Waals surface area contributed by atoms with Crippen LogP contribution in [0, 0.1) is 124 Å². The lowest BCUT2D eigenvalue weighted by atomic mass is 9.81. The molecule has 0 aromatic rings. The Kier molecular flexibility index (Phi) is 22.3. The largest absolute Gasteiger partial charge is 0.472 e. The van der Waals surface area contributed by atoms with Crippen LogP contribution in [0.4, 0.5) is 4.79 Å². The minimum atomic E-state index is -4.15. The number of carbonyl (C=O) groups is 1. The Bertz CT molecular complexity index is 1760. The van der Waals surface area contributed by atoms with E-state index in [4.69, 9.17) is 14.0 Å². The number of phosphoric acid groups is 1. The first-order valence-corrected chi connectivity index (χ1v) is 16.0. The van der Waals surface area contributed by atoms with E-state index in [0.717, 1.165) is 45.6 Å². The summed E-state index contributed by atoms with van der Waals surface area (Å²) in [6, 6.07) is 1.90. The topological polar surface area (TPSA) is 115 Å². The van der Waals surface area contributed by atoms with Crippen molar-refractivity contribution in [1.82, 2.24) is 10.6 Å². The summed E-state index contributed by atoms with van der Waals surface area (Å²) in [5, 5.41) is 5.13. The second-order valence-electron chi connectivity index (χ2n) is 9.28. The molecule has 1 heterocycles. The first kappa shape index (κ1) is 40.0. The first-order valence-electron chi connectivity index (χ1n) is 14.5. The minimum Gasteiger partial charge on any atom is -0.382 e. The number of urea groups is 1. The molecule has 0 saturated carbocycles. The fourth-order valence-electron chi connectivity index (χ4n) is 4.00. The Morgan fingerprint density at radius 1 is 0.787 bits per heavy atom. The van der Waals surface area contributed by atoms with E-state index in [1.54, 1.807) is 14.0 Å². The van der Waals surface area contributed by atoms with Crippen LogP contribution in [-0.4, -0.2) is 64.4 Å². The summed E-state index contributed by atoms with van der Waals surface area (Å²) >= 11 is 0. The molecule has 1 saturated heterocycles. The van der Waals surface area contributed by atoms with Crippen molar-refractivity contribution in [2.45, 2.75) is 63.7 Å². The summed E-state index contributed by atoms with van der Waals surface area (Å²) in [6.07, 6.45) is 4.37. The van der Waals surface area contributed by atoms with Crippen molar-refractivity contribution in [1.29, 1.82) is 0 Å². The normalized spacial score (nSPS) is 17.4. The van der Waals surface area contributed by atoms with Crippen LogP contribution in [0.15, 0.2) is 0 Å². The molecule has 1 aliphatic heterocycles. The molecule has 0 bridgehead atoms. The van der Waals surface area contributed by atoms with Gasteiger partial charge in [-0.3, -0.25) is 14.4 Å². The number of rotatable bonds is 13. The van der Waals surface area contributed by atoms with E-state index >= 15 is 0 Å². The Morgan fingerprint density at radius 3 is 1.79 bits per heavy atom. The number of nitrogens with one attached hydrogen (secondary N) is 2. The maximum absolute atomic E-state index is 12.0. The van der Waals surface area contributed by atoms with Gasteiger partial charge in [0.05, 0.1) is 6.61 Å². The zero-order valence-electron chi connectivity index (χ0n) is 26.8. The molecular weight excluding hydrogens is 614 g/mol. The summed E-state index contributed by atoms with van der Waals surface area (Å²) in [7, 11) is 0.459. The highest BCUT2D eigenvalue weighted by Gasteiger charge is 2.45. The number of methoxy groups -OCH3 is 1. The molecule has 2 amide bonds. The maximum atomic E-state index is 12.0. The van der Waals surface area contributed by atoms with E-state index in [1.807, 2.05) is 7.85 Å². The number of phosphoric ester groups is 1. The highest BCUT2D eigenvalue weighted by molar-refractivity contribution is 7.47.